The van der Waals surface area contributed by atoms with Gasteiger partial charge in [0.25, 0.3) is 0 Å². The molecule has 2 unspecified atom stereocenters. The Morgan fingerprint density at radius 3 is 2.65 bits per heavy atom. The highest BCUT2D eigenvalue weighted by Crippen LogP contribution is 2.33. The van der Waals surface area contributed by atoms with Crippen LogP contribution in [0.5, 0.6) is 0 Å². The summed E-state index contributed by atoms with van der Waals surface area (Å²) in [7, 11) is 1.70. The molecule has 0 bridgehead atoms. The number of rotatable bonds is 3. The fraction of sp³-hybridized carbons (Fsp3) is 0.667. The number of likely N-dealkylation sites (N-methyl/N-ethyl adjacent to an activating group) is 1. The number of anilines is 2. The molecule has 0 aromatic carbocycles. The van der Waals surface area contributed by atoms with Crippen LogP contribution < -0.4 is 10.6 Å². The molecule has 2 rings (SSSR count). The molecule has 0 spiro atoms. The molecule has 0 radical (unpaired) electrons. The van der Waals surface area contributed by atoms with Crippen LogP contribution in [-0.4, -0.2) is 39.2 Å². The van der Waals surface area contributed by atoms with Crippen LogP contribution in [0.1, 0.15) is 31.4 Å². The molecule has 1 aliphatic rings. The second kappa shape index (κ2) is 5.58. The van der Waals surface area contributed by atoms with Crippen LogP contribution in [0.3, 0.4) is 0 Å². The SMILES string of the molecule is Cc1nc(N)nc(N(C)C2CCCCC2O)c1[N+](=O)[O-]. The van der Waals surface area contributed by atoms with Gasteiger partial charge < -0.3 is 15.7 Å². The highest BCUT2D eigenvalue weighted by Gasteiger charge is 2.32. The van der Waals surface area contributed by atoms with Crippen molar-refractivity contribution in [3.63, 3.8) is 0 Å². The van der Waals surface area contributed by atoms with Gasteiger partial charge in [-0.2, -0.15) is 4.98 Å². The van der Waals surface area contributed by atoms with Crippen molar-refractivity contribution in [1.82, 2.24) is 9.97 Å². The predicted octanol–water partition coefficient (Wildman–Crippen LogP) is 1.02. The fourth-order valence-electron chi connectivity index (χ4n) is 2.73. The Bertz CT molecular complexity index is 522. The van der Waals surface area contributed by atoms with Crippen LogP contribution in [0.4, 0.5) is 17.5 Å². The van der Waals surface area contributed by atoms with Crippen LogP contribution in [0.25, 0.3) is 0 Å². The number of aryl methyl sites for hydroxylation is 1. The number of nitrogens with zero attached hydrogens (tertiary/aromatic N) is 4. The van der Waals surface area contributed by atoms with Gasteiger partial charge in [-0.05, 0) is 19.8 Å². The molecule has 1 aromatic rings. The molecule has 20 heavy (non-hydrogen) atoms. The summed E-state index contributed by atoms with van der Waals surface area (Å²) < 4.78 is 0. The van der Waals surface area contributed by atoms with E-state index in [0.717, 1.165) is 19.3 Å². The van der Waals surface area contributed by atoms with Crippen molar-refractivity contribution in [2.24, 2.45) is 0 Å². The Labute approximate surface area is 116 Å². The summed E-state index contributed by atoms with van der Waals surface area (Å²) in [4.78, 5) is 20.2. The molecule has 1 fully saturated rings. The number of hydrogen-bond acceptors (Lipinski definition) is 7. The first-order chi connectivity index (χ1) is 9.41. The lowest BCUT2D eigenvalue weighted by Crippen LogP contribution is -2.44. The molecular formula is C12H19N5O3. The van der Waals surface area contributed by atoms with Gasteiger partial charge in [-0.1, -0.05) is 12.8 Å². The molecule has 110 valence electrons. The average molecular weight is 281 g/mol. The summed E-state index contributed by atoms with van der Waals surface area (Å²) in [5, 5.41) is 21.3. The summed E-state index contributed by atoms with van der Waals surface area (Å²) in [5.74, 6) is 0.172. The minimum absolute atomic E-state index is 0.000231. The van der Waals surface area contributed by atoms with Gasteiger partial charge in [0, 0.05) is 7.05 Å². The van der Waals surface area contributed by atoms with Gasteiger partial charge in [-0.3, -0.25) is 10.1 Å². The molecule has 0 aliphatic heterocycles. The number of nitro groups is 1. The maximum atomic E-state index is 11.2. The van der Waals surface area contributed by atoms with Crippen molar-refractivity contribution in [2.45, 2.75) is 44.8 Å². The van der Waals surface area contributed by atoms with Gasteiger partial charge in [0.15, 0.2) is 0 Å². The summed E-state index contributed by atoms with van der Waals surface area (Å²) >= 11 is 0. The molecule has 0 amide bonds. The first kappa shape index (κ1) is 14.4. The predicted molar refractivity (Wildman–Crippen MR) is 74.5 cm³/mol. The van der Waals surface area contributed by atoms with Crippen LogP contribution >= 0.6 is 0 Å². The average Bonchev–Trinajstić information content (AvgIpc) is 2.37. The van der Waals surface area contributed by atoms with Gasteiger partial charge in [0.2, 0.25) is 11.8 Å². The Hall–Kier alpha value is -1.96. The minimum atomic E-state index is -0.509. The maximum absolute atomic E-state index is 11.2. The molecule has 8 heteroatoms. The fourth-order valence-corrected chi connectivity index (χ4v) is 2.73. The van der Waals surface area contributed by atoms with Gasteiger partial charge in [0.05, 0.1) is 17.1 Å². The number of nitrogen functional groups attached to an aromatic ring is 1. The second-order valence-corrected chi connectivity index (χ2v) is 5.13. The lowest BCUT2D eigenvalue weighted by molar-refractivity contribution is -0.385. The topological polar surface area (TPSA) is 118 Å². The smallest absolute Gasteiger partial charge is 0.332 e. The van der Waals surface area contributed by atoms with E-state index in [-0.39, 0.29) is 29.2 Å². The number of hydrogen-bond donors (Lipinski definition) is 2. The van der Waals surface area contributed by atoms with Crippen LogP contribution in [-0.2, 0) is 0 Å². The molecule has 8 nitrogen and oxygen atoms in total. The molecule has 0 saturated heterocycles. The van der Waals surface area contributed by atoms with E-state index in [1.807, 2.05) is 0 Å². The van der Waals surface area contributed by atoms with Gasteiger partial charge in [0.1, 0.15) is 5.69 Å². The van der Waals surface area contributed by atoms with E-state index in [1.54, 1.807) is 11.9 Å². The maximum Gasteiger partial charge on any atom is 0.332 e. The lowest BCUT2D eigenvalue weighted by atomic mass is 9.91. The van der Waals surface area contributed by atoms with Crippen LogP contribution in [0.15, 0.2) is 0 Å². The third kappa shape index (κ3) is 2.64. The summed E-state index contributed by atoms with van der Waals surface area (Å²) in [5.41, 5.74) is 5.67. The lowest BCUT2D eigenvalue weighted by Gasteiger charge is -2.35. The minimum Gasteiger partial charge on any atom is -0.391 e. The Morgan fingerprint density at radius 2 is 2.05 bits per heavy atom. The molecule has 3 N–H and O–H groups in total. The molecular weight excluding hydrogens is 262 g/mol. The Balaban J connectivity index is 2.42. The highest BCUT2D eigenvalue weighted by molar-refractivity contribution is 5.62. The van der Waals surface area contributed by atoms with Crippen molar-refractivity contribution >= 4 is 17.5 Å². The van der Waals surface area contributed by atoms with Crippen molar-refractivity contribution < 1.29 is 10.0 Å². The van der Waals surface area contributed by atoms with Crippen molar-refractivity contribution in [1.29, 1.82) is 0 Å². The number of aliphatic hydroxyl groups is 1. The van der Waals surface area contributed by atoms with Crippen LogP contribution in [0, 0.1) is 17.0 Å². The monoisotopic (exact) mass is 281 g/mol. The highest BCUT2D eigenvalue weighted by atomic mass is 16.6. The zero-order chi connectivity index (χ0) is 14.9. The van der Waals surface area contributed by atoms with E-state index in [1.165, 1.54) is 6.92 Å². The number of aliphatic hydroxyl groups excluding tert-OH is 1. The largest absolute Gasteiger partial charge is 0.391 e. The summed E-state index contributed by atoms with van der Waals surface area (Å²) in [6, 6.07) is -0.184. The standard InChI is InChI=1S/C12H19N5O3/c1-7-10(17(19)20)11(15-12(13)14-7)16(2)8-5-3-4-6-9(8)18/h8-9,18H,3-6H2,1-2H3,(H2,13,14,15). The summed E-state index contributed by atoms with van der Waals surface area (Å²) in [6.45, 7) is 1.53. The Morgan fingerprint density at radius 1 is 1.40 bits per heavy atom. The van der Waals surface area contributed by atoms with E-state index < -0.39 is 11.0 Å². The number of aromatic nitrogens is 2. The molecule has 1 saturated carbocycles. The Kier molecular flexibility index (Phi) is 4.03. The molecule has 1 heterocycles. The van der Waals surface area contributed by atoms with E-state index in [0.29, 0.717) is 6.42 Å². The molecule has 1 aromatic heterocycles. The second-order valence-electron chi connectivity index (χ2n) is 5.13. The quantitative estimate of drug-likeness (QED) is 0.627. The third-order valence-electron chi connectivity index (χ3n) is 3.77. The van der Waals surface area contributed by atoms with Gasteiger partial charge in [-0.15, -0.1) is 0 Å². The van der Waals surface area contributed by atoms with Crippen molar-refractivity contribution in [2.75, 3.05) is 17.7 Å². The van der Waals surface area contributed by atoms with Crippen LogP contribution in [0.2, 0.25) is 0 Å². The van der Waals surface area contributed by atoms with Crippen molar-refractivity contribution in [3.8, 4) is 0 Å². The summed E-state index contributed by atoms with van der Waals surface area (Å²) in [6.07, 6.45) is 2.92. The van der Waals surface area contributed by atoms with E-state index in [4.69, 9.17) is 5.73 Å². The van der Waals surface area contributed by atoms with Gasteiger partial charge in [-0.25, -0.2) is 4.98 Å². The van der Waals surface area contributed by atoms with Crippen molar-refractivity contribution in [3.05, 3.63) is 15.8 Å². The first-order valence-electron chi connectivity index (χ1n) is 6.61. The van der Waals surface area contributed by atoms with E-state index >= 15 is 0 Å². The zero-order valence-electron chi connectivity index (χ0n) is 11.6. The zero-order valence-corrected chi connectivity index (χ0v) is 11.6. The third-order valence-corrected chi connectivity index (χ3v) is 3.77. The molecule has 2 atom stereocenters. The van der Waals surface area contributed by atoms with E-state index in [9.17, 15) is 15.2 Å². The normalized spacial score (nSPS) is 22.6. The van der Waals surface area contributed by atoms with Gasteiger partial charge >= 0.3 is 5.69 Å². The van der Waals surface area contributed by atoms with E-state index in [2.05, 4.69) is 9.97 Å². The molecule has 1 aliphatic carbocycles. The first-order valence-corrected chi connectivity index (χ1v) is 6.61. The number of nitrogens with two attached hydrogens (primary N) is 1.